The van der Waals surface area contributed by atoms with E-state index in [1.807, 2.05) is 12.1 Å². The third kappa shape index (κ3) is 1.51. The van der Waals surface area contributed by atoms with Gasteiger partial charge in [0.2, 0.25) is 5.91 Å². The zero-order valence-electron chi connectivity index (χ0n) is 9.32. The highest BCUT2D eigenvalue weighted by Gasteiger charge is 2.12. The summed E-state index contributed by atoms with van der Waals surface area (Å²) < 4.78 is 1.64. The molecule has 0 aliphatic carbocycles. The number of carbonyl (C=O) groups is 1. The molecule has 0 saturated carbocycles. The zero-order valence-corrected chi connectivity index (χ0v) is 9.32. The number of nitrogens with two attached hydrogens (primary N) is 1. The fraction of sp³-hybridized carbons (Fsp3) is 0. The molecule has 0 fully saturated rings. The molecule has 0 radical (unpaired) electrons. The number of hydrogen-bond donors (Lipinski definition) is 1. The van der Waals surface area contributed by atoms with Gasteiger partial charge in [-0.1, -0.05) is 0 Å². The molecule has 0 atom stereocenters. The molecule has 3 heterocycles. The van der Waals surface area contributed by atoms with Crippen molar-refractivity contribution < 1.29 is 4.79 Å². The molecule has 3 rings (SSSR count). The summed E-state index contributed by atoms with van der Waals surface area (Å²) in [5, 5.41) is 4.87. The van der Waals surface area contributed by atoms with Crippen molar-refractivity contribution in [1.29, 1.82) is 0 Å². The lowest BCUT2D eigenvalue weighted by Gasteiger charge is -2.02. The molecule has 88 valence electrons. The first kappa shape index (κ1) is 10.4. The molecule has 6 nitrogen and oxygen atoms in total. The van der Waals surface area contributed by atoms with Crippen molar-refractivity contribution in [3.05, 3.63) is 48.5 Å². The Labute approximate surface area is 102 Å². The van der Waals surface area contributed by atoms with Crippen LogP contribution in [0.1, 0.15) is 10.4 Å². The van der Waals surface area contributed by atoms with Crippen LogP contribution in [0.2, 0.25) is 0 Å². The van der Waals surface area contributed by atoms with Gasteiger partial charge in [-0.3, -0.25) is 9.78 Å². The first-order valence-electron chi connectivity index (χ1n) is 5.30. The van der Waals surface area contributed by atoms with Crippen molar-refractivity contribution in [2.24, 2.45) is 5.73 Å². The maximum atomic E-state index is 11.3. The second-order valence-corrected chi connectivity index (χ2v) is 3.72. The van der Waals surface area contributed by atoms with Crippen LogP contribution < -0.4 is 5.73 Å². The third-order valence-electron chi connectivity index (χ3n) is 2.64. The highest BCUT2D eigenvalue weighted by atomic mass is 16.1. The summed E-state index contributed by atoms with van der Waals surface area (Å²) in [5.41, 5.74) is 7.15. The van der Waals surface area contributed by atoms with Crippen LogP contribution in [0.15, 0.2) is 43.0 Å². The van der Waals surface area contributed by atoms with E-state index in [-0.39, 0.29) is 0 Å². The monoisotopic (exact) mass is 239 g/mol. The van der Waals surface area contributed by atoms with E-state index < -0.39 is 5.91 Å². The molecule has 0 aliphatic heterocycles. The largest absolute Gasteiger partial charge is 0.366 e. The maximum absolute atomic E-state index is 11.3. The van der Waals surface area contributed by atoms with Crippen LogP contribution in [0, 0.1) is 0 Å². The Balaban J connectivity index is 2.28. The Morgan fingerprint density at radius 3 is 2.67 bits per heavy atom. The summed E-state index contributed by atoms with van der Waals surface area (Å²) in [6.45, 7) is 0. The van der Waals surface area contributed by atoms with E-state index in [9.17, 15) is 4.79 Å². The Morgan fingerprint density at radius 2 is 1.94 bits per heavy atom. The van der Waals surface area contributed by atoms with Gasteiger partial charge in [0, 0.05) is 18.6 Å². The first-order chi connectivity index (χ1) is 8.77. The Morgan fingerprint density at radius 1 is 1.17 bits per heavy atom. The minimum absolute atomic E-state index is 0.417. The lowest BCUT2D eigenvalue weighted by molar-refractivity contribution is 0.100. The van der Waals surface area contributed by atoms with Crippen LogP contribution in [0.25, 0.3) is 16.7 Å². The fourth-order valence-electron chi connectivity index (χ4n) is 1.82. The van der Waals surface area contributed by atoms with Crippen molar-refractivity contribution in [3.63, 3.8) is 0 Å². The molecule has 0 spiro atoms. The van der Waals surface area contributed by atoms with Gasteiger partial charge in [0.15, 0.2) is 5.65 Å². The summed E-state index contributed by atoms with van der Waals surface area (Å²) in [4.78, 5) is 19.5. The van der Waals surface area contributed by atoms with Crippen LogP contribution in [0.5, 0.6) is 0 Å². The highest BCUT2D eigenvalue weighted by Crippen LogP contribution is 2.18. The molecular weight excluding hydrogens is 230 g/mol. The number of primary amides is 1. The Bertz CT molecular complexity index is 720. The molecule has 6 heteroatoms. The van der Waals surface area contributed by atoms with E-state index in [0.29, 0.717) is 16.6 Å². The van der Waals surface area contributed by atoms with Gasteiger partial charge >= 0.3 is 0 Å². The normalized spacial score (nSPS) is 10.7. The second kappa shape index (κ2) is 3.92. The van der Waals surface area contributed by atoms with Gasteiger partial charge in [-0.2, -0.15) is 5.10 Å². The van der Waals surface area contributed by atoms with Crippen molar-refractivity contribution in [2.75, 3.05) is 0 Å². The standard InChI is InChI=1S/C12H9N5O/c13-11(18)9-3-6-15-12-10(9)7-16-17(12)8-1-4-14-5-2-8/h1-7H,(H2,13,18). The molecule has 0 saturated heterocycles. The molecule has 0 bridgehead atoms. The SMILES string of the molecule is NC(=O)c1ccnc2c1cnn2-c1ccncc1. The van der Waals surface area contributed by atoms with Crippen molar-refractivity contribution in [2.45, 2.75) is 0 Å². The smallest absolute Gasteiger partial charge is 0.249 e. The minimum atomic E-state index is -0.489. The number of pyridine rings is 2. The first-order valence-corrected chi connectivity index (χ1v) is 5.30. The van der Waals surface area contributed by atoms with E-state index in [1.165, 1.54) is 0 Å². The Hall–Kier alpha value is -2.76. The highest BCUT2D eigenvalue weighted by molar-refractivity contribution is 6.04. The molecule has 0 unspecified atom stereocenters. The number of amides is 1. The summed E-state index contributed by atoms with van der Waals surface area (Å²) in [5.74, 6) is -0.489. The number of aromatic nitrogens is 4. The second-order valence-electron chi connectivity index (χ2n) is 3.72. The average molecular weight is 239 g/mol. The molecule has 3 aromatic rings. The van der Waals surface area contributed by atoms with Crippen molar-refractivity contribution >= 4 is 16.9 Å². The molecule has 18 heavy (non-hydrogen) atoms. The van der Waals surface area contributed by atoms with Gasteiger partial charge in [-0.05, 0) is 18.2 Å². The van der Waals surface area contributed by atoms with E-state index in [4.69, 9.17) is 5.73 Å². The zero-order chi connectivity index (χ0) is 12.5. The van der Waals surface area contributed by atoms with Crippen LogP contribution in [0.3, 0.4) is 0 Å². The quantitative estimate of drug-likeness (QED) is 0.720. The average Bonchev–Trinajstić information content (AvgIpc) is 2.83. The van der Waals surface area contributed by atoms with Gasteiger partial charge in [0.1, 0.15) is 0 Å². The lowest BCUT2D eigenvalue weighted by atomic mass is 10.2. The van der Waals surface area contributed by atoms with Crippen molar-refractivity contribution in [3.8, 4) is 5.69 Å². The van der Waals surface area contributed by atoms with Crippen LogP contribution in [-0.4, -0.2) is 25.7 Å². The van der Waals surface area contributed by atoms with E-state index >= 15 is 0 Å². The van der Waals surface area contributed by atoms with Crippen LogP contribution in [0.4, 0.5) is 0 Å². The minimum Gasteiger partial charge on any atom is -0.366 e. The molecule has 1 amide bonds. The predicted molar refractivity (Wildman–Crippen MR) is 65.2 cm³/mol. The van der Waals surface area contributed by atoms with E-state index in [1.54, 1.807) is 35.5 Å². The number of hydrogen-bond acceptors (Lipinski definition) is 4. The van der Waals surface area contributed by atoms with Crippen molar-refractivity contribution in [1.82, 2.24) is 19.7 Å². The van der Waals surface area contributed by atoms with Gasteiger partial charge < -0.3 is 5.73 Å². The molecule has 0 aliphatic rings. The summed E-state index contributed by atoms with van der Waals surface area (Å²) in [7, 11) is 0. The van der Waals surface area contributed by atoms with Crippen LogP contribution >= 0.6 is 0 Å². The number of nitrogens with zero attached hydrogens (tertiary/aromatic N) is 4. The van der Waals surface area contributed by atoms with Crippen LogP contribution in [-0.2, 0) is 0 Å². The number of fused-ring (bicyclic) bond motifs is 1. The van der Waals surface area contributed by atoms with Gasteiger partial charge in [-0.25, -0.2) is 9.67 Å². The molecule has 0 aromatic carbocycles. The summed E-state index contributed by atoms with van der Waals surface area (Å²) >= 11 is 0. The number of rotatable bonds is 2. The molecule has 2 N–H and O–H groups in total. The van der Waals surface area contributed by atoms with Gasteiger partial charge in [0.25, 0.3) is 0 Å². The van der Waals surface area contributed by atoms with Gasteiger partial charge in [0.05, 0.1) is 22.8 Å². The summed E-state index contributed by atoms with van der Waals surface area (Å²) in [6.07, 6.45) is 6.46. The van der Waals surface area contributed by atoms with E-state index in [0.717, 1.165) is 5.69 Å². The van der Waals surface area contributed by atoms with E-state index in [2.05, 4.69) is 15.1 Å². The topological polar surface area (TPSA) is 86.7 Å². The molecule has 3 aromatic heterocycles. The fourth-order valence-corrected chi connectivity index (χ4v) is 1.82. The Kier molecular flexibility index (Phi) is 2.26. The molecular formula is C12H9N5O. The van der Waals surface area contributed by atoms with Gasteiger partial charge in [-0.15, -0.1) is 0 Å². The predicted octanol–water partition coefficient (Wildman–Crippen LogP) is 0.914. The summed E-state index contributed by atoms with van der Waals surface area (Å²) in [6, 6.07) is 5.21. The number of carbonyl (C=O) groups excluding carboxylic acids is 1. The maximum Gasteiger partial charge on any atom is 0.249 e. The third-order valence-corrected chi connectivity index (χ3v) is 2.64. The lowest BCUT2D eigenvalue weighted by Crippen LogP contribution is -2.11.